The Hall–Kier alpha value is -2.60. The molecule has 0 saturated carbocycles. The van der Waals surface area contributed by atoms with E-state index in [9.17, 15) is 4.79 Å². The van der Waals surface area contributed by atoms with Crippen LogP contribution in [0.15, 0.2) is 45.8 Å². The molecule has 0 radical (unpaired) electrons. The SMILES string of the molecule is Cc1cc2cc(CN(Cc3ccco3)C(=S)NCC(C)C)c(=O)[nH]c2cc1C. The molecule has 0 unspecified atom stereocenters. The molecule has 6 heteroatoms. The van der Waals surface area contributed by atoms with Gasteiger partial charge in [0, 0.05) is 17.6 Å². The van der Waals surface area contributed by atoms with Crippen LogP contribution in [-0.2, 0) is 13.1 Å². The minimum atomic E-state index is -0.0909. The summed E-state index contributed by atoms with van der Waals surface area (Å²) in [7, 11) is 0. The molecule has 0 aliphatic heterocycles. The molecule has 0 atom stereocenters. The average Bonchev–Trinajstić information content (AvgIpc) is 3.14. The first-order chi connectivity index (χ1) is 13.3. The van der Waals surface area contributed by atoms with Crippen LogP contribution in [0.5, 0.6) is 0 Å². The zero-order chi connectivity index (χ0) is 20.3. The van der Waals surface area contributed by atoms with Gasteiger partial charge < -0.3 is 19.6 Å². The Labute approximate surface area is 170 Å². The van der Waals surface area contributed by atoms with Crippen LogP contribution in [0.2, 0.25) is 0 Å². The summed E-state index contributed by atoms with van der Waals surface area (Å²) in [6.45, 7) is 10.1. The van der Waals surface area contributed by atoms with Gasteiger partial charge in [0.1, 0.15) is 5.76 Å². The zero-order valence-corrected chi connectivity index (χ0v) is 17.7. The number of H-pyrrole nitrogens is 1. The van der Waals surface area contributed by atoms with E-state index in [2.05, 4.69) is 37.1 Å². The lowest BCUT2D eigenvalue weighted by molar-refractivity contribution is 0.348. The summed E-state index contributed by atoms with van der Waals surface area (Å²) in [4.78, 5) is 17.7. The predicted molar refractivity (Wildman–Crippen MR) is 117 cm³/mol. The highest BCUT2D eigenvalue weighted by Gasteiger charge is 2.15. The summed E-state index contributed by atoms with van der Waals surface area (Å²) >= 11 is 5.60. The molecule has 0 spiro atoms. The van der Waals surface area contributed by atoms with E-state index in [1.807, 2.05) is 36.1 Å². The average molecular weight is 398 g/mol. The summed E-state index contributed by atoms with van der Waals surface area (Å²) in [6, 6.07) is 9.85. The van der Waals surface area contributed by atoms with Crippen molar-refractivity contribution in [3.05, 3.63) is 69.4 Å². The van der Waals surface area contributed by atoms with Crippen LogP contribution in [0.1, 0.15) is 36.3 Å². The highest BCUT2D eigenvalue weighted by Crippen LogP contribution is 2.18. The molecule has 0 bridgehead atoms. The fourth-order valence-electron chi connectivity index (χ4n) is 3.04. The maximum Gasteiger partial charge on any atom is 0.253 e. The van der Waals surface area contributed by atoms with E-state index < -0.39 is 0 Å². The first kappa shape index (κ1) is 20.1. The molecule has 2 heterocycles. The summed E-state index contributed by atoms with van der Waals surface area (Å²) < 4.78 is 5.49. The maximum atomic E-state index is 12.7. The summed E-state index contributed by atoms with van der Waals surface area (Å²) in [6.07, 6.45) is 1.64. The first-order valence-electron chi connectivity index (χ1n) is 9.52. The number of nitrogens with one attached hydrogen (secondary N) is 2. The molecule has 5 nitrogen and oxygen atoms in total. The number of furan rings is 1. The van der Waals surface area contributed by atoms with Crippen molar-refractivity contribution in [2.24, 2.45) is 5.92 Å². The number of hydrogen-bond acceptors (Lipinski definition) is 3. The van der Waals surface area contributed by atoms with Crippen molar-refractivity contribution in [2.45, 2.75) is 40.8 Å². The van der Waals surface area contributed by atoms with Crippen LogP contribution in [0, 0.1) is 19.8 Å². The molecule has 2 aromatic heterocycles. The second kappa shape index (κ2) is 8.61. The largest absolute Gasteiger partial charge is 0.467 e. The smallest absolute Gasteiger partial charge is 0.253 e. The number of hydrogen-bond donors (Lipinski definition) is 2. The van der Waals surface area contributed by atoms with Crippen molar-refractivity contribution < 1.29 is 4.42 Å². The Balaban J connectivity index is 1.90. The van der Waals surface area contributed by atoms with Crippen molar-refractivity contribution >= 4 is 28.2 Å². The van der Waals surface area contributed by atoms with Crippen LogP contribution in [0.4, 0.5) is 0 Å². The van der Waals surface area contributed by atoms with Crippen molar-refractivity contribution in [2.75, 3.05) is 6.54 Å². The Morgan fingerprint density at radius 1 is 1.21 bits per heavy atom. The summed E-state index contributed by atoms with van der Waals surface area (Å²) in [5, 5.41) is 4.93. The summed E-state index contributed by atoms with van der Waals surface area (Å²) in [5.74, 6) is 1.27. The third-order valence-corrected chi connectivity index (χ3v) is 5.17. The monoisotopic (exact) mass is 397 g/mol. The second-order valence-electron chi connectivity index (χ2n) is 7.66. The second-order valence-corrected chi connectivity index (χ2v) is 8.05. The van der Waals surface area contributed by atoms with Crippen molar-refractivity contribution in [3.63, 3.8) is 0 Å². The maximum absolute atomic E-state index is 12.7. The molecule has 0 amide bonds. The number of rotatable bonds is 6. The first-order valence-corrected chi connectivity index (χ1v) is 9.92. The van der Waals surface area contributed by atoms with Crippen LogP contribution in [0.3, 0.4) is 0 Å². The Kier molecular flexibility index (Phi) is 6.19. The Morgan fingerprint density at radius 2 is 1.96 bits per heavy atom. The van der Waals surface area contributed by atoms with E-state index in [0.717, 1.165) is 28.8 Å². The molecular weight excluding hydrogens is 370 g/mol. The lowest BCUT2D eigenvalue weighted by atomic mass is 10.0. The number of benzene rings is 1. The van der Waals surface area contributed by atoms with Gasteiger partial charge in [-0.2, -0.15) is 0 Å². The van der Waals surface area contributed by atoms with Crippen LogP contribution >= 0.6 is 12.2 Å². The van der Waals surface area contributed by atoms with Gasteiger partial charge in [0.25, 0.3) is 5.56 Å². The van der Waals surface area contributed by atoms with Gasteiger partial charge in [-0.05, 0) is 78.8 Å². The standard InChI is InChI=1S/C22H27N3O2S/c1-14(2)11-23-22(28)25(13-19-6-5-7-27-19)12-18-10-17-8-15(3)16(4)9-20(17)24-21(18)26/h5-10,14H,11-13H2,1-4H3,(H,23,28)(H,24,26). The molecule has 1 aromatic carbocycles. The molecule has 3 rings (SSSR count). The number of thiocarbonyl (C=S) groups is 1. The number of pyridine rings is 1. The van der Waals surface area contributed by atoms with Crippen LogP contribution in [0.25, 0.3) is 10.9 Å². The van der Waals surface area contributed by atoms with Gasteiger partial charge >= 0.3 is 0 Å². The molecule has 28 heavy (non-hydrogen) atoms. The van der Waals surface area contributed by atoms with Gasteiger partial charge in [-0.3, -0.25) is 4.79 Å². The van der Waals surface area contributed by atoms with Crippen molar-refractivity contribution in [1.29, 1.82) is 0 Å². The minimum absolute atomic E-state index is 0.0909. The molecule has 148 valence electrons. The molecule has 0 saturated heterocycles. The van der Waals surface area contributed by atoms with Gasteiger partial charge in [0.2, 0.25) is 0 Å². The van der Waals surface area contributed by atoms with Gasteiger partial charge in [0.15, 0.2) is 5.11 Å². The lowest BCUT2D eigenvalue weighted by Gasteiger charge is -2.25. The van der Waals surface area contributed by atoms with E-state index in [4.69, 9.17) is 16.6 Å². The number of aromatic nitrogens is 1. The van der Waals surface area contributed by atoms with Crippen molar-refractivity contribution in [1.82, 2.24) is 15.2 Å². The topological polar surface area (TPSA) is 61.3 Å². The highest BCUT2D eigenvalue weighted by molar-refractivity contribution is 7.80. The number of nitrogens with zero attached hydrogens (tertiary/aromatic N) is 1. The van der Waals surface area contributed by atoms with Gasteiger partial charge in [-0.25, -0.2) is 0 Å². The van der Waals surface area contributed by atoms with Gasteiger partial charge in [0.05, 0.1) is 19.4 Å². The Morgan fingerprint density at radius 3 is 2.64 bits per heavy atom. The molecular formula is C22H27N3O2S. The van der Waals surface area contributed by atoms with E-state index >= 15 is 0 Å². The number of aryl methyl sites for hydroxylation is 2. The lowest BCUT2D eigenvalue weighted by Crippen LogP contribution is -2.41. The third-order valence-electron chi connectivity index (χ3n) is 4.77. The molecule has 0 aliphatic rings. The van der Waals surface area contributed by atoms with E-state index in [1.54, 1.807) is 6.26 Å². The molecule has 2 N–H and O–H groups in total. The number of aromatic amines is 1. The fourth-order valence-corrected chi connectivity index (χ4v) is 3.25. The quantitative estimate of drug-likeness (QED) is 0.608. The Bertz CT molecular complexity index is 1020. The van der Waals surface area contributed by atoms with Crippen LogP contribution < -0.4 is 10.9 Å². The molecule has 3 aromatic rings. The zero-order valence-electron chi connectivity index (χ0n) is 16.8. The van der Waals surface area contributed by atoms with Gasteiger partial charge in [-0.1, -0.05) is 13.8 Å². The van der Waals surface area contributed by atoms with E-state index in [0.29, 0.717) is 29.7 Å². The van der Waals surface area contributed by atoms with Gasteiger partial charge in [-0.15, -0.1) is 0 Å². The van der Waals surface area contributed by atoms with Crippen LogP contribution in [-0.4, -0.2) is 21.5 Å². The normalized spacial score (nSPS) is 11.2. The van der Waals surface area contributed by atoms with E-state index in [-0.39, 0.29) is 5.56 Å². The predicted octanol–water partition coefficient (Wildman–Crippen LogP) is 4.27. The molecule has 0 fully saturated rings. The number of fused-ring (bicyclic) bond motifs is 1. The molecule has 0 aliphatic carbocycles. The minimum Gasteiger partial charge on any atom is -0.467 e. The highest BCUT2D eigenvalue weighted by atomic mass is 32.1. The van der Waals surface area contributed by atoms with E-state index in [1.165, 1.54) is 5.56 Å². The fraction of sp³-hybridized carbons (Fsp3) is 0.364. The van der Waals surface area contributed by atoms with Crippen molar-refractivity contribution in [3.8, 4) is 0 Å². The third kappa shape index (κ3) is 4.81. The summed E-state index contributed by atoms with van der Waals surface area (Å²) in [5.41, 5.74) is 3.80.